The number of ether oxygens (including phenoxy) is 1. The molecule has 1 spiro atoms. The van der Waals surface area contributed by atoms with Crippen LogP contribution in [0, 0.1) is 23.7 Å². The van der Waals surface area contributed by atoms with Crippen LogP contribution in [0.1, 0.15) is 49.1 Å². The Kier molecular flexibility index (Phi) is 8.13. The molecule has 8 rings (SSSR count). The van der Waals surface area contributed by atoms with Crippen LogP contribution in [0.4, 0.5) is 24.9 Å². The lowest BCUT2D eigenvalue weighted by molar-refractivity contribution is -0.153. The lowest BCUT2D eigenvalue weighted by Crippen LogP contribution is -2.69. The van der Waals surface area contributed by atoms with Crippen LogP contribution in [-0.4, -0.2) is 108 Å². The number of hydrogen-bond acceptors (Lipinski definition) is 9. The number of nitriles is 1. The molecule has 2 aromatic carbocycles. The Morgan fingerprint density at radius 1 is 1.12 bits per heavy atom. The highest BCUT2D eigenvalue weighted by atomic mass is 19.4. The number of H-pyrrole nitrogens is 1. The van der Waals surface area contributed by atoms with Crippen LogP contribution in [0.15, 0.2) is 37.1 Å². The predicted molar refractivity (Wildman–Crippen MR) is 192 cm³/mol. The minimum atomic E-state index is -4.58. The molecule has 1 saturated carbocycles. The van der Waals surface area contributed by atoms with Crippen LogP contribution in [0.2, 0.25) is 0 Å². The van der Waals surface area contributed by atoms with Gasteiger partial charge >= 0.3 is 6.18 Å². The highest BCUT2D eigenvalue weighted by molar-refractivity contribution is 6.06. The van der Waals surface area contributed by atoms with Crippen molar-refractivity contribution < 1.29 is 22.7 Å². The lowest BCUT2D eigenvalue weighted by atomic mass is 9.72. The van der Waals surface area contributed by atoms with Crippen LogP contribution >= 0.6 is 0 Å². The largest absolute Gasteiger partial charge is 0.481 e. The van der Waals surface area contributed by atoms with E-state index < -0.39 is 18.3 Å². The molecule has 3 aliphatic heterocycles. The van der Waals surface area contributed by atoms with Crippen molar-refractivity contribution >= 4 is 39.5 Å². The van der Waals surface area contributed by atoms with Gasteiger partial charge in [-0.3, -0.25) is 14.8 Å². The van der Waals surface area contributed by atoms with E-state index in [-0.39, 0.29) is 23.0 Å². The number of likely N-dealkylation sites (N-methyl/N-ethyl adjacent to an activating group) is 1. The number of piperidine rings is 1. The second kappa shape index (κ2) is 12.4. The Labute approximate surface area is 300 Å². The number of carbonyl (C=O) groups is 1. The number of nitrogens with zero attached hydrogens (tertiary/aromatic N) is 8. The average molecular weight is 714 g/mol. The van der Waals surface area contributed by atoms with Crippen LogP contribution in [0.5, 0.6) is 5.75 Å². The molecule has 1 amide bonds. The molecule has 0 unspecified atom stereocenters. The molecule has 14 heteroatoms. The summed E-state index contributed by atoms with van der Waals surface area (Å²) in [5, 5.41) is 18.4. The van der Waals surface area contributed by atoms with Gasteiger partial charge in [-0.05, 0) is 87.5 Å². The van der Waals surface area contributed by atoms with Crippen LogP contribution < -0.4 is 14.5 Å². The van der Waals surface area contributed by atoms with E-state index in [0.29, 0.717) is 73.9 Å². The molecule has 0 atom stereocenters. The second-order valence-corrected chi connectivity index (χ2v) is 15.4. The molecule has 52 heavy (non-hydrogen) atoms. The number of hydrogen-bond donors (Lipinski definition) is 1. The highest BCUT2D eigenvalue weighted by Crippen LogP contribution is 2.53. The van der Waals surface area contributed by atoms with E-state index in [9.17, 15) is 23.2 Å². The Bertz CT molecular complexity index is 2110. The van der Waals surface area contributed by atoms with Gasteiger partial charge in [-0.25, -0.2) is 4.98 Å². The van der Waals surface area contributed by atoms with Crippen molar-refractivity contribution in [2.45, 2.75) is 56.7 Å². The fourth-order valence-corrected chi connectivity index (χ4v) is 8.40. The van der Waals surface area contributed by atoms with Crippen molar-refractivity contribution in [3.8, 4) is 22.9 Å². The molecule has 0 radical (unpaired) electrons. The third kappa shape index (κ3) is 5.79. The number of alkyl halides is 3. The number of rotatable bonds is 9. The third-order valence-corrected chi connectivity index (χ3v) is 11.7. The van der Waals surface area contributed by atoms with Crippen molar-refractivity contribution in [2.24, 2.45) is 5.41 Å². The number of amides is 1. The summed E-state index contributed by atoms with van der Waals surface area (Å²) >= 11 is 0. The molecule has 4 aromatic rings. The summed E-state index contributed by atoms with van der Waals surface area (Å²) in [5.41, 5.74) is 3.95. The zero-order valence-electron chi connectivity index (χ0n) is 29.7. The van der Waals surface area contributed by atoms with Gasteiger partial charge < -0.3 is 19.4 Å². The zero-order valence-corrected chi connectivity index (χ0v) is 29.7. The summed E-state index contributed by atoms with van der Waals surface area (Å²) in [6.07, 6.45) is 2.32. The van der Waals surface area contributed by atoms with E-state index in [1.165, 1.54) is 6.08 Å². The molecule has 272 valence electrons. The van der Waals surface area contributed by atoms with Crippen molar-refractivity contribution in [1.82, 2.24) is 30.0 Å². The van der Waals surface area contributed by atoms with Gasteiger partial charge in [0.05, 0.1) is 29.7 Å². The second-order valence-electron chi connectivity index (χ2n) is 15.4. The highest BCUT2D eigenvalue weighted by Gasteiger charge is 2.48. The first-order valence-electron chi connectivity index (χ1n) is 17.8. The van der Waals surface area contributed by atoms with Crippen molar-refractivity contribution in [3.05, 3.63) is 48.2 Å². The monoisotopic (exact) mass is 713 g/mol. The van der Waals surface area contributed by atoms with E-state index in [2.05, 4.69) is 33.8 Å². The Morgan fingerprint density at radius 2 is 1.85 bits per heavy atom. The van der Waals surface area contributed by atoms with Gasteiger partial charge in [-0.1, -0.05) is 12.6 Å². The molecule has 4 aliphatic rings. The van der Waals surface area contributed by atoms with E-state index in [4.69, 9.17) is 14.7 Å². The molecule has 5 heterocycles. The fraction of sp³-hybridized carbons (Fsp3) is 0.500. The first kappa shape index (κ1) is 34.2. The van der Waals surface area contributed by atoms with Gasteiger partial charge in [0.2, 0.25) is 11.9 Å². The van der Waals surface area contributed by atoms with Crippen LogP contribution in [0.25, 0.3) is 32.9 Å². The zero-order chi connectivity index (χ0) is 36.6. The Morgan fingerprint density at radius 3 is 2.48 bits per heavy atom. The number of likely N-dealkylation sites (tertiary alicyclic amines) is 1. The number of carbonyl (C=O) groups excluding carboxylic acids is 1. The Hall–Kier alpha value is -4.90. The number of halogens is 3. The predicted octanol–water partition coefficient (Wildman–Crippen LogP) is 5.95. The van der Waals surface area contributed by atoms with Crippen LogP contribution in [0.3, 0.4) is 0 Å². The SMILES string of the molecule is C=CC(=O)N1CC2(CCN(c3nc(N4CC(CC#N)(N(C)C)C4)nc4c(OCC(F)(F)F)c(-c5c(C)ccc6[nH]ncc56)c(C5CC5)cc34)CC2)C1. The van der Waals surface area contributed by atoms with Crippen molar-refractivity contribution in [1.29, 1.82) is 5.26 Å². The number of aryl methyl sites for hydroxylation is 1. The number of aromatic amines is 1. The van der Waals surface area contributed by atoms with Gasteiger partial charge in [0.25, 0.3) is 0 Å². The van der Waals surface area contributed by atoms with E-state index in [1.807, 2.05) is 47.9 Å². The summed E-state index contributed by atoms with van der Waals surface area (Å²) in [4.78, 5) is 30.6. The normalized spacial score (nSPS) is 19.5. The molecule has 3 saturated heterocycles. The number of anilines is 2. The molecule has 1 N–H and O–H groups in total. The standard InChI is InChI=1S/C38H42F3N9O2/c1-5-29(51)49-18-36(19-49)11-14-48(15-12-36)34-26-16-25(24-7-8-24)31(30-23(2)6-9-28-27(30)17-43-46-28)33(52-22-38(39,40)41)32(26)44-35(45-34)50-20-37(21-50,10-13-42)47(3)4/h5-6,9,16-17,24H,1,7-8,10-12,14-15,18-22H2,2-4H3,(H,43,46). The lowest BCUT2D eigenvalue weighted by Gasteiger charge is -2.54. The van der Waals surface area contributed by atoms with Gasteiger partial charge in [0, 0.05) is 61.0 Å². The maximum Gasteiger partial charge on any atom is 0.422 e. The summed E-state index contributed by atoms with van der Waals surface area (Å²) in [5.74, 6) is 1.25. The van der Waals surface area contributed by atoms with E-state index >= 15 is 0 Å². The number of aromatic nitrogens is 4. The maximum absolute atomic E-state index is 14.1. The molecule has 2 aromatic heterocycles. The quantitative estimate of drug-likeness (QED) is 0.210. The maximum atomic E-state index is 14.1. The minimum absolute atomic E-state index is 0.0229. The molecule has 0 bridgehead atoms. The first-order valence-corrected chi connectivity index (χ1v) is 17.8. The topological polar surface area (TPSA) is 118 Å². The van der Waals surface area contributed by atoms with Gasteiger partial charge in [0.15, 0.2) is 12.4 Å². The molecule has 11 nitrogen and oxygen atoms in total. The number of benzene rings is 2. The van der Waals surface area contributed by atoms with Gasteiger partial charge in [-0.15, -0.1) is 0 Å². The van der Waals surface area contributed by atoms with E-state index in [0.717, 1.165) is 53.3 Å². The summed E-state index contributed by atoms with van der Waals surface area (Å²) in [7, 11) is 3.89. The average Bonchev–Trinajstić information content (AvgIpc) is 3.82. The Balaban J connectivity index is 1.30. The molecular formula is C38H42F3N9O2. The first-order chi connectivity index (χ1) is 24.8. The molecule has 4 fully saturated rings. The number of nitrogens with one attached hydrogen (secondary N) is 1. The summed E-state index contributed by atoms with van der Waals surface area (Å²) in [6, 6.07) is 8.28. The van der Waals surface area contributed by atoms with Crippen molar-refractivity contribution in [2.75, 3.05) is 69.8 Å². The van der Waals surface area contributed by atoms with Gasteiger partial charge in [-0.2, -0.15) is 28.5 Å². The smallest absolute Gasteiger partial charge is 0.422 e. The minimum Gasteiger partial charge on any atom is -0.481 e. The molecule has 1 aliphatic carbocycles. The fourth-order valence-electron chi connectivity index (χ4n) is 8.40. The summed E-state index contributed by atoms with van der Waals surface area (Å²) in [6.45, 7) is 7.81. The number of fused-ring (bicyclic) bond motifs is 2. The van der Waals surface area contributed by atoms with Gasteiger partial charge in [0.1, 0.15) is 11.3 Å². The molecular weight excluding hydrogens is 671 g/mol. The van der Waals surface area contributed by atoms with Crippen molar-refractivity contribution in [3.63, 3.8) is 0 Å². The van der Waals surface area contributed by atoms with Crippen LogP contribution in [-0.2, 0) is 4.79 Å². The third-order valence-electron chi connectivity index (χ3n) is 11.7. The van der Waals surface area contributed by atoms with E-state index in [1.54, 1.807) is 6.20 Å². The summed E-state index contributed by atoms with van der Waals surface area (Å²) < 4.78 is 48.1.